The van der Waals surface area contributed by atoms with E-state index in [1.807, 2.05) is 6.07 Å². The van der Waals surface area contributed by atoms with E-state index in [4.69, 9.17) is 11.5 Å². The number of aliphatic imine (C=N–C) groups is 1. The van der Waals surface area contributed by atoms with Gasteiger partial charge >= 0.3 is 0 Å². The number of carbonyl (C=O) groups is 1. The summed E-state index contributed by atoms with van der Waals surface area (Å²) >= 11 is 0. The Morgan fingerprint density at radius 3 is 2.74 bits per heavy atom. The van der Waals surface area contributed by atoms with E-state index in [-0.39, 0.29) is 0 Å². The monoisotopic (exact) mass is 262 g/mol. The fraction of sp³-hybridized carbons (Fsp3) is 0.429. The standard InChI is InChI=1S/C14H22N4O/c1-10(2)6-7-17-14(16)18-9-11-4-3-5-12(8-11)13(15)19/h3-5,8,10H,6-7,9H2,1-2H3,(H2,15,19)(H3,16,17,18). The summed E-state index contributed by atoms with van der Waals surface area (Å²) in [5.41, 5.74) is 12.4. The van der Waals surface area contributed by atoms with E-state index in [1.165, 1.54) is 0 Å². The first-order valence-electron chi connectivity index (χ1n) is 6.41. The zero-order valence-electron chi connectivity index (χ0n) is 11.5. The summed E-state index contributed by atoms with van der Waals surface area (Å²) in [5, 5.41) is 3.06. The Morgan fingerprint density at radius 1 is 1.37 bits per heavy atom. The summed E-state index contributed by atoms with van der Waals surface area (Å²) < 4.78 is 0. The number of primary amides is 1. The van der Waals surface area contributed by atoms with E-state index in [2.05, 4.69) is 24.2 Å². The van der Waals surface area contributed by atoms with Gasteiger partial charge in [0.15, 0.2) is 5.96 Å². The minimum Gasteiger partial charge on any atom is -0.370 e. The molecule has 0 bridgehead atoms. The van der Waals surface area contributed by atoms with Crippen molar-refractivity contribution in [1.29, 1.82) is 0 Å². The zero-order valence-corrected chi connectivity index (χ0v) is 11.5. The number of amides is 1. The third-order valence-corrected chi connectivity index (χ3v) is 2.67. The van der Waals surface area contributed by atoms with Crippen LogP contribution in [0.2, 0.25) is 0 Å². The Labute approximate surface area is 114 Å². The van der Waals surface area contributed by atoms with Gasteiger partial charge < -0.3 is 16.8 Å². The molecule has 0 fully saturated rings. The molecule has 0 aliphatic heterocycles. The number of nitrogens with one attached hydrogen (secondary N) is 1. The van der Waals surface area contributed by atoms with Crippen LogP contribution in [-0.4, -0.2) is 18.4 Å². The van der Waals surface area contributed by atoms with Crippen LogP contribution in [0, 0.1) is 5.92 Å². The van der Waals surface area contributed by atoms with Crippen molar-refractivity contribution in [3.8, 4) is 0 Å². The molecule has 104 valence electrons. The van der Waals surface area contributed by atoms with E-state index >= 15 is 0 Å². The first kappa shape index (κ1) is 15.0. The number of guanidine groups is 1. The number of hydrogen-bond donors (Lipinski definition) is 3. The Balaban J connectivity index is 2.50. The Morgan fingerprint density at radius 2 is 2.11 bits per heavy atom. The lowest BCUT2D eigenvalue weighted by atomic mass is 10.1. The average Bonchev–Trinajstić information content (AvgIpc) is 2.36. The third kappa shape index (κ3) is 5.90. The van der Waals surface area contributed by atoms with Crippen molar-refractivity contribution in [3.63, 3.8) is 0 Å². The second-order valence-corrected chi connectivity index (χ2v) is 4.88. The maximum absolute atomic E-state index is 11.0. The summed E-state index contributed by atoms with van der Waals surface area (Å²) in [6.45, 7) is 5.56. The summed E-state index contributed by atoms with van der Waals surface area (Å²) in [5.74, 6) is 0.617. The fourth-order valence-corrected chi connectivity index (χ4v) is 1.54. The number of benzene rings is 1. The lowest BCUT2D eigenvalue weighted by molar-refractivity contribution is 0.1000. The molecule has 0 saturated heterocycles. The van der Waals surface area contributed by atoms with Gasteiger partial charge in [0, 0.05) is 12.1 Å². The van der Waals surface area contributed by atoms with E-state index in [9.17, 15) is 4.79 Å². The van der Waals surface area contributed by atoms with Gasteiger partial charge in [-0.15, -0.1) is 0 Å². The molecule has 5 N–H and O–H groups in total. The van der Waals surface area contributed by atoms with Gasteiger partial charge in [-0.25, -0.2) is 4.99 Å². The molecule has 0 unspecified atom stereocenters. The first-order valence-corrected chi connectivity index (χ1v) is 6.41. The molecular formula is C14H22N4O. The van der Waals surface area contributed by atoms with Crippen LogP contribution in [0.4, 0.5) is 0 Å². The lowest BCUT2D eigenvalue weighted by Crippen LogP contribution is -2.32. The smallest absolute Gasteiger partial charge is 0.248 e. The van der Waals surface area contributed by atoms with Crippen LogP contribution in [0.15, 0.2) is 29.3 Å². The minimum atomic E-state index is -0.436. The molecule has 0 aliphatic carbocycles. The van der Waals surface area contributed by atoms with E-state index < -0.39 is 5.91 Å². The quantitative estimate of drug-likeness (QED) is 0.532. The molecule has 0 saturated carbocycles. The highest BCUT2D eigenvalue weighted by molar-refractivity contribution is 5.92. The minimum absolute atomic E-state index is 0.421. The van der Waals surface area contributed by atoms with Crippen LogP contribution in [0.1, 0.15) is 36.2 Å². The molecule has 1 rings (SSSR count). The summed E-state index contributed by atoms with van der Waals surface area (Å²) in [6.07, 6.45) is 1.05. The first-order chi connectivity index (χ1) is 8.99. The van der Waals surface area contributed by atoms with Crippen molar-refractivity contribution < 1.29 is 4.79 Å². The Hall–Kier alpha value is -2.04. The van der Waals surface area contributed by atoms with Gasteiger partial charge in [0.25, 0.3) is 0 Å². The van der Waals surface area contributed by atoms with Crippen molar-refractivity contribution >= 4 is 11.9 Å². The second kappa shape index (κ2) is 7.41. The maximum atomic E-state index is 11.0. The van der Waals surface area contributed by atoms with E-state index in [0.29, 0.717) is 24.0 Å². The number of rotatable bonds is 6. The predicted octanol–water partition coefficient (Wildman–Crippen LogP) is 1.24. The molecule has 1 aromatic carbocycles. The topological polar surface area (TPSA) is 93.5 Å². The van der Waals surface area contributed by atoms with Crippen LogP contribution in [-0.2, 0) is 6.54 Å². The molecule has 0 spiro atoms. The molecular weight excluding hydrogens is 240 g/mol. The van der Waals surface area contributed by atoms with Crippen LogP contribution in [0.5, 0.6) is 0 Å². The van der Waals surface area contributed by atoms with E-state index in [1.54, 1.807) is 18.2 Å². The van der Waals surface area contributed by atoms with Crippen LogP contribution in [0.3, 0.4) is 0 Å². The van der Waals surface area contributed by atoms with Gasteiger partial charge in [0.05, 0.1) is 6.54 Å². The summed E-state index contributed by atoms with van der Waals surface area (Å²) in [6, 6.07) is 7.08. The highest BCUT2D eigenvalue weighted by atomic mass is 16.1. The predicted molar refractivity (Wildman–Crippen MR) is 77.7 cm³/mol. The largest absolute Gasteiger partial charge is 0.370 e. The lowest BCUT2D eigenvalue weighted by Gasteiger charge is -2.07. The molecule has 1 aromatic rings. The van der Waals surface area contributed by atoms with Gasteiger partial charge in [-0.3, -0.25) is 4.79 Å². The van der Waals surface area contributed by atoms with Gasteiger partial charge in [0.1, 0.15) is 0 Å². The third-order valence-electron chi connectivity index (χ3n) is 2.67. The van der Waals surface area contributed by atoms with Crippen molar-refractivity contribution in [2.45, 2.75) is 26.8 Å². The molecule has 0 heterocycles. The number of carbonyl (C=O) groups excluding carboxylic acids is 1. The SMILES string of the molecule is CC(C)CCNC(N)=NCc1cccc(C(N)=O)c1. The average molecular weight is 262 g/mol. The Kier molecular flexibility index (Phi) is 5.85. The van der Waals surface area contributed by atoms with Crippen molar-refractivity contribution in [2.75, 3.05) is 6.54 Å². The van der Waals surface area contributed by atoms with Gasteiger partial charge in [-0.05, 0) is 30.0 Å². The highest BCUT2D eigenvalue weighted by Crippen LogP contribution is 2.05. The van der Waals surface area contributed by atoms with Crippen molar-refractivity contribution in [2.24, 2.45) is 22.4 Å². The second-order valence-electron chi connectivity index (χ2n) is 4.88. The van der Waals surface area contributed by atoms with Crippen LogP contribution < -0.4 is 16.8 Å². The number of nitrogens with zero attached hydrogens (tertiary/aromatic N) is 1. The van der Waals surface area contributed by atoms with Crippen LogP contribution in [0.25, 0.3) is 0 Å². The van der Waals surface area contributed by atoms with Gasteiger partial charge in [0.2, 0.25) is 5.91 Å². The zero-order chi connectivity index (χ0) is 14.3. The molecule has 0 aliphatic rings. The number of nitrogens with two attached hydrogens (primary N) is 2. The molecule has 5 nitrogen and oxygen atoms in total. The van der Waals surface area contributed by atoms with Crippen LogP contribution >= 0.6 is 0 Å². The summed E-state index contributed by atoms with van der Waals surface area (Å²) in [7, 11) is 0. The van der Waals surface area contributed by atoms with Crippen molar-refractivity contribution in [3.05, 3.63) is 35.4 Å². The fourth-order valence-electron chi connectivity index (χ4n) is 1.54. The van der Waals surface area contributed by atoms with Gasteiger partial charge in [-0.1, -0.05) is 26.0 Å². The Bertz CT molecular complexity index is 455. The maximum Gasteiger partial charge on any atom is 0.248 e. The highest BCUT2D eigenvalue weighted by Gasteiger charge is 2.01. The van der Waals surface area contributed by atoms with Crippen molar-refractivity contribution in [1.82, 2.24) is 5.32 Å². The number of hydrogen-bond acceptors (Lipinski definition) is 2. The molecule has 0 radical (unpaired) electrons. The van der Waals surface area contributed by atoms with E-state index in [0.717, 1.165) is 18.5 Å². The molecule has 1 amide bonds. The molecule has 5 heteroatoms. The molecule has 19 heavy (non-hydrogen) atoms. The normalized spacial score (nSPS) is 11.6. The molecule has 0 atom stereocenters. The molecule has 0 aromatic heterocycles. The van der Waals surface area contributed by atoms with Gasteiger partial charge in [-0.2, -0.15) is 0 Å². The summed E-state index contributed by atoms with van der Waals surface area (Å²) in [4.78, 5) is 15.3.